The number of hydrogen-bond donors (Lipinski definition) is 4. The standard InChI is InChI=1S/C28H37N6O8P/c1-4-20(5-2)13-39-25(35)19(3)33-43(38,41-14-21-9-7-6-8-10-21)42-16-27(15-29)26(36)28(37,17-40-27)23-12-11-22-24(30)31-18-32-34(22)23/h6-12,18-20,26,36-37H,4-5,13-14,16-17H2,1-3H3,(H,33,38)(H2,30,31,32)/t19-,26+,27+,28+,43?/m0/s1. The number of benzene rings is 1. The van der Waals surface area contributed by atoms with Crippen molar-refractivity contribution in [3.05, 3.63) is 60.0 Å². The highest BCUT2D eigenvalue weighted by atomic mass is 31.2. The summed E-state index contributed by atoms with van der Waals surface area (Å²) in [5.74, 6) is -0.338. The van der Waals surface area contributed by atoms with Crippen molar-refractivity contribution in [3.8, 4) is 6.07 Å². The Labute approximate surface area is 249 Å². The molecule has 232 valence electrons. The van der Waals surface area contributed by atoms with Crippen molar-refractivity contribution in [3.63, 3.8) is 0 Å². The minimum Gasteiger partial charge on any atom is -0.464 e. The highest BCUT2D eigenvalue weighted by Crippen LogP contribution is 2.49. The summed E-state index contributed by atoms with van der Waals surface area (Å²) in [5.41, 5.74) is 2.73. The van der Waals surface area contributed by atoms with Crippen molar-refractivity contribution in [1.29, 1.82) is 5.26 Å². The van der Waals surface area contributed by atoms with Crippen molar-refractivity contribution in [2.24, 2.45) is 5.92 Å². The second-order valence-corrected chi connectivity index (χ2v) is 12.2. The molecule has 15 heteroatoms. The van der Waals surface area contributed by atoms with Crippen LogP contribution in [-0.4, -0.2) is 68.3 Å². The molecule has 43 heavy (non-hydrogen) atoms. The summed E-state index contributed by atoms with van der Waals surface area (Å²) in [7, 11) is -4.36. The molecule has 0 spiro atoms. The number of hydrogen-bond acceptors (Lipinski definition) is 12. The van der Waals surface area contributed by atoms with Crippen molar-refractivity contribution < 1.29 is 38.1 Å². The van der Waals surface area contributed by atoms with Gasteiger partial charge in [-0.2, -0.15) is 10.4 Å². The van der Waals surface area contributed by atoms with E-state index in [1.165, 1.54) is 23.8 Å². The van der Waals surface area contributed by atoms with Crippen molar-refractivity contribution >= 4 is 25.1 Å². The first-order chi connectivity index (χ1) is 20.5. The number of nitrogens with zero attached hydrogens (tertiary/aromatic N) is 4. The molecule has 5 N–H and O–H groups in total. The number of nitrogen functional groups attached to an aromatic ring is 1. The van der Waals surface area contributed by atoms with E-state index in [1.807, 2.05) is 19.9 Å². The molecule has 5 atom stereocenters. The topological polar surface area (TPSA) is 204 Å². The fourth-order valence-corrected chi connectivity index (χ4v) is 6.17. The zero-order valence-corrected chi connectivity index (χ0v) is 25.1. The van der Waals surface area contributed by atoms with Crippen molar-refractivity contribution in [1.82, 2.24) is 19.7 Å². The molecule has 0 bridgehead atoms. The molecule has 14 nitrogen and oxygen atoms in total. The molecule has 1 saturated heterocycles. The van der Waals surface area contributed by atoms with Gasteiger partial charge in [-0.15, -0.1) is 0 Å². The van der Waals surface area contributed by atoms with E-state index in [0.717, 1.165) is 12.8 Å². The first kappa shape index (κ1) is 32.5. The van der Waals surface area contributed by atoms with Gasteiger partial charge in [-0.05, 0) is 30.5 Å². The molecule has 1 unspecified atom stereocenters. The van der Waals surface area contributed by atoms with Gasteiger partial charge in [0.25, 0.3) is 0 Å². The molecule has 3 heterocycles. The van der Waals surface area contributed by atoms with Crippen LogP contribution in [0.1, 0.15) is 44.9 Å². The largest absolute Gasteiger partial charge is 0.464 e. The lowest BCUT2D eigenvalue weighted by atomic mass is 9.86. The highest BCUT2D eigenvalue weighted by Gasteiger charge is 2.61. The number of nitriles is 1. The Bertz CT molecular complexity index is 1500. The Balaban J connectivity index is 1.54. The van der Waals surface area contributed by atoms with Crippen LogP contribution in [0.25, 0.3) is 5.52 Å². The Hall–Kier alpha value is -3.41. The van der Waals surface area contributed by atoms with E-state index in [4.69, 9.17) is 24.3 Å². The maximum Gasteiger partial charge on any atom is 0.406 e. The van der Waals surface area contributed by atoms with Gasteiger partial charge >= 0.3 is 13.7 Å². The van der Waals surface area contributed by atoms with Gasteiger partial charge in [-0.3, -0.25) is 13.8 Å². The van der Waals surface area contributed by atoms with Crippen LogP contribution >= 0.6 is 7.75 Å². The number of anilines is 1. The third kappa shape index (κ3) is 6.89. The molecular weight excluding hydrogens is 579 g/mol. The second kappa shape index (κ2) is 13.5. The number of nitrogens with one attached hydrogen (secondary N) is 1. The third-order valence-electron chi connectivity index (χ3n) is 7.57. The molecule has 4 rings (SSSR count). The lowest BCUT2D eigenvalue weighted by Gasteiger charge is -2.31. The minimum absolute atomic E-state index is 0.0942. The SMILES string of the molecule is CCC(CC)COC(=O)[C@H](C)NP(=O)(OCc1ccccc1)OC[C@@]1(C#N)OC[C@@](O)(c2ccc3c(N)ncnn23)[C@@H]1O. The monoisotopic (exact) mass is 616 g/mol. The van der Waals surface area contributed by atoms with Gasteiger partial charge < -0.3 is 25.4 Å². The first-order valence-electron chi connectivity index (χ1n) is 13.9. The zero-order chi connectivity index (χ0) is 31.3. The van der Waals surface area contributed by atoms with E-state index in [9.17, 15) is 24.8 Å². The molecule has 0 radical (unpaired) electrons. The van der Waals surface area contributed by atoms with Gasteiger partial charge in [0.15, 0.2) is 11.4 Å². The van der Waals surface area contributed by atoms with Crippen LogP contribution < -0.4 is 10.8 Å². The molecule has 1 aromatic carbocycles. The lowest BCUT2D eigenvalue weighted by molar-refractivity contribution is -0.146. The van der Waals surface area contributed by atoms with Gasteiger partial charge in [0.2, 0.25) is 5.60 Å². The summed E-state index contributed by atoms with van der Waals surface area (Å²) in [5, 5.41) is 39.6. The fraction of sp³-hybridized carbons (Fsp3) is 0.500. The summed E-state index contributed by atoms with van der Waals surface area (Å²) in [6.45, 7) is 4.17. The van der Waals surface area contributed by atoms with Gasteiger partial charge in [0.1, 0.15) is 36.7 Å². The molecule has 3 aromatic rings. The van der Waals surface area contributed by atoms with Crippen LogP contribution in [-0.2, 0) is 40.1 Å². The maximum absolute atomic E-state index is 14.0. The van der Waals surface area contributed by atoms with Gasteiger partial charge in [-0.1, -0.05) is 57.0 Å². The van der Waals surface area contributed by atoms with E-state index in [2.05, 4.69) is 15.2 Å². The van der Waals surface area contributed by atoms with Crippen LogP contribution in [0.15, 0.2) is 48.8 Å². The predicted octanol–water partition coefficient (Wildman–Crippen LogP) is 2.45. The predicted molar refractivity (Wildman–Crippen MR) is 154 cm³/mol. The number of aliphatic hydroxyl groups is 2. The number of rotatable bonds is 14. The Morgan fingerprint density at radius 3 is 2.67 bits per heavy atom. The van der Waals surface area contributed by atoms with Gasteiger partial charge in [0.05, 0.1) is 25.5 Å². The summed E-state index contributed by atoms with van der Waals surface area (Å²) in [6.07, 6.45) is 0.959. The second-order valence-electron chi connectivity index (χ2n) is 10.5. The normalized spacial score (nSPS) is 24.1. The molecule has 0 amide bonds. The van der Waals surface area contributed by atoms with Crippen LogP contribution in [0.4, 0.5) is 5.82 Å². The van der Waals surface area contributed by atoms with E-state index in [-0.39, 0.29) is 30.6 Å². The molecule has 0 aliphatic carbocycles. The van der Waals surface area contributed by atoms with E-state index in [1.54, 1.807) is 36.4 Å². The minimum atomic E-state index is -4.36. The first-order valence-corrected chi connectivity index (χ1v) is 15.5. The fourth-order valence-electron chi connectivity index (χ4n) is 4.69. The molecule has 1 aliphatic heterocycles. The molecular formula is C28H37N6O8P. The van der Waals surface area contributed by atoms with E-state index in [0.29, 0.717) is 11.1 Å². The summed E-state index contributed by atoms with van der Waals surface area (Å²) < 4.78 is 37.6. The number of esters is 1. The number of carbonyl (C=O) groups excluding carboxylic acids is 1. The number of nitrogens with two attached hydrogens (primary N) is 1. The Morgan fingerprint density at radius 1 is 1.28 bits per heavy atom. The Kier molecular flexibility index (Phi) is 10.2. The van der Waals surface area contributed by atoms with Crippen LogP contribution in [0.3, 0.4) is 0 Å². The van der Waals surface area contributed by atoms with Crippen LogP contribution in [0.2, 0.25) is 0 Å². The summed E-state index contributed by atoms with van der Waals surface area (Å²) >= 11 is 0. The number of carbonyl (C=O) groups is 1. The van der Waals surface area contributed by atoms with Gasteiger partial charge in [0, 0.05) is 0 Å². The Morgan fingerprint density at radius 2 is 2.00 bits per heavy atom. The van der Waals surface area contributed by atoms with Crippen LogP contribution in [0.5, 0.6) is 0 Å². The maximum atomic E-state index is 14.0. The zero-order valence-electron chi connectivity index (χ0n) is 24.3. The molecule has 0 saturated carbocycles. The molecule has 1 aliphatic rings. The average Bonchev–Trinajstić information content (AvgIpc) is 3.57. The number of aromatic nitrogens is 3. The number of ether oxygens (including phenoxy) is 2. The average molecular weight is 617 g/mol. The number of fused-ring (bicyclic) bond motifs is 1. The number of aliphatic hydroxyl groups excluding tert-OH is 1. The third-order valence-corrected chi connectivity index (χ3v) is 9.21. The van der Waals surface area contributed by atoms with Crippen molar-refractivity contribution in [2.45, 2.75) is 63.6 Å². The quantitative estimate of drug-likeness (QED) is 0.152. The summed E-state index contributed by atoms with van der Waals surface area (Å²) in [4.78, 5) is 16.6. The van der Waals surface area contributed by atoms with Gasteiger partial charge in [-0.25, -0.2) is 19.2 Å². The van der Waals surface area contributed by atoms with Crippen molar-refractivity contribution in [2.75, 3.05) is 25.6 Å². The summed E-state index contributed by atoms with van der Waals surface area (Å²) in [6, 6.07) is 12.6. The van der Waals surface area contributed by atoms with E-state index >= 15 is 0 Å². The highest BCUT2D eigenvalue weighted by molar-refractivity contribution is 7.51. The lowest BCUT2D eigenvalue weighted by Crippen LogP contribution is -2.51. The molecule has 1 fully saturated rings. The smallest absolute Gasteiger partial charge is 0.406 e. The molecule has 2 aromatic heterocycles. The van der Waals surface area contributed by atoms with Crippen LogP contribution in [0, 0.1) is 17.2 Å². The van der Waals surface area contributed by atoms with E-state index < -0.39 is 50.3 Å².